The van der Waals surface area contributed by atoms with Crippen molar-refractivity contribution in [3.05, 3.63) is 46.0 Å². The molecule has 0 radical (unpaired) electrons. The maximum atomic E-state index is 14.0. The highest BCUT2D eigenvalue weighted by atomic mass is 32.2. The quantitative estimate of drug-likeness (QED) is 0.799. The summed E-state index contributed by atoms with van der Waals surface area (Å²) in [5.41, 5.74) is 0.648. The molecule has 0 saturated heterocycles. The minimum atomic E-state index is -3.60. The summed E-state index contributed by atoms with van der Waals surface area (Å²) in [5.74, 6) is -0.931. The fourth-order valence-electron chi connectivity index (χ4n) is 2.62. The van der Waals surface area contributed by atoms with Gasteiger partial charge in [0.25, 0.3) is 15.7 Å². The first-order valence-corrected chi connectivity index (χ1v) is 7.85. The normalized spacial score (nSPS) is 17.8. The van der Waals surface area contributed by atoms with E-state index in [4.69, 9.17) is 4.18 Å². The van der Waals surface area contributed by atoms with Crippen molar-refractivity contribution < 1.29 is 17.0 Å². The first kappa shape index (κ1) is 13.3. The molecule has 2 heterocycles. The molecule has 0 unspecified atom stereocenters. The van der Waals surface area contributed by atoms with E-state index in [9.17, 15) is 17.6 Å². The van der Waals surface area contributed by atoms with E-state index in [1.54, 1.807) is 12.1 Å². The van der Waals surface area contributed by atoms with Gasteiger partial charge in [0.05, 0.1) is 18.4 Å². The summed E-state index contributed by atoms with van der Waals surface area (Å²) >= 11 is 0. The molecule has 3 rings (SSSR count). The van der Waals surface area contributed by atoms with Crippen LogP contribution in [0.3, 0.4) is 0 Å². The van der Waals surface area contributed by atoms with Crippen LogP contribution in [0, 0.1) is 5.82 Å². The minimum absolute atomic E-state index is 0.171. The maximum Gasteiger partial charge on any atom is 0.264 e. The number of hydrogen-bond acceptors (Lipinski definition) is 4. The number of benzene rings is 1. The predicted molar refractivity (Wildman–Crippen MR) is 71.7 cm³/mol. The Labute approximate surface area is 114 Å². The Hall–Kier alpha value is -1.73. The van der Waals surface area contributed by atoms with Crippen molar-refractivity contribution in [2.75, 3.05) is 12.9 Å². The standard InChI is InChI=1S/C13H12FNO4S/c1-20(17,18)19-7-9-6-15-11(16)5-3-8-2-4-10(14)12(9)13(8)15/h2-5,9H,6-7H2,1H3/t9-/m0/s1. The zero-order valence-electron chi connectivity index (χ0n) is 10.7. The molecule has 7 heteroatoms. The molecular weight excluding hydrogens is 285 g/mol. The molecule has 20 heavy (non-hydrogen) atoms. The van der Waals surface area contributed by atoms with Crippen LogP contribution in [0.25, 0.3) is 10.9 Å². The molecule has 106 valence electrons. The summed E-state index contributed by atoms with van der Waals surface area (Å²) in [6.07, 6.45) is 0.943. The summed E-state index contributed by atoms with van der Waals surface area (Å²) in [7, 11) is -3.60. The van der Waals surface area contributed by atoms with Crippen molar-refractivity contribution in [3.63, 3.8) is 0 Å². The largest absolute Gasteiger partial charge is 0.307 e. The molecule has 0 bridgehead atoms. The van der Waals surface area contributed by atoms with Crippen LogP contribution in [-0.2, 0) is 20.8 Å². The fraction of sp³-hybridized carbons (Fsp3) is 0.308. The van der Waals surface area contributed by atoms with Gasteiger partial charge in [0.2, 0.25) is 0 Å². The fourth-order valence-corrected chi connectivity index (χ4v) is 3.03. The van der Waals surface area contributed by atoms with Crippen molar-refractivity contribution in [1.82, 2.24) is 4.57 Å². The third kappa shape index (κ3) is 2.12. The Morgan fingerprint density at radius 2 is 2.05 bits per heavy atom. The molecule has 5 nitrogen and oxygen atoms in total. The molecule has 0 fully saturated rings. The molecule has 0 N–H and O–H groups in total. The van der Waals surface area contributed by atoms with Crippen LogP contribution in [0.5, 0.6) is 0 Å². The monoisotopic (exact) mass is 297 g/mol. The zero-order chi connectivity index (χ0) is 14.5. The lowest BCUT2D eigenvalue weighted by molar-refractivity contribution is 0.285. The lowest BCUT2D eigenvalue weighted by Gasteiger charge is -2.10. The number of hydrogen-bond donors (Lipinski definition) is 0. The molecule has 1 aromatic heterocycles. The molecule has 0 amide bonds. The van der Waals surface area contributed by atoms with Crippen molar-refractivity contribution in [1.29, 1.82) is 0 Å². The number of rotatable bonds is 3. The molecule has 0 saturated carbocycles. The Kier molecular flexibility index (Phi) is 2.91. The number of pyridine rings is 1. The minimum Gasteiger partial charge on any atom is -0.307 e. The Morgan fingerprint density at radius 1 is 1.35 bits per heavy atom. The van der Waals surface area contributed by atoms with Gasteiger partial charge in [-0.05, 0) is 23.6 Å². The van der Waals surface area contributed by atoms with E-state index in [2.05, 4.69) is 0 Å². The van der Waals surface area contributed by atoms with Gasteiger partial charge in [0.1, 0.15) is 5.82 Å². The van der Waals surface area contributed by atoms with Crippen LogP contribution in [0.1, 0.15) is 11.5 Å². The van der Waals surface area contributed by atoms with E-state index in [0.29, 0.717) is 11.1 Å². The molecule has 0 aliphatic carbocycles. The average Bonchev–Trinajstić information content (AvgIpc) is 2.75. The van der Waals surface area contributed by atoms with E-state index in [1.807, 2.05) is 0 Å². The average molecular weight is 297 g/mol. The summed E-state index contributed by atoms with van der Waals surface area (Å²) in [6, 6.07) is 5.98. The van der Waals surface area contributed by atoms with Gasteiger partial charge in [0.15, 0.2) is 0 Å². The van der Waals surface area contributed by atoms with Gasteiger partial charge in [-0.15, -0.1) is 0 Å². The molecule has 1 aliphatic heterocycles. The Morgan fingerprint density at radius 3 is 2.75 bits per heavy atom. The summed E-state index contributed by atoms with van der Waals surface area (Å²) in [5, 5.41) is 0.753. The molecule has 2 aromatic rings. The topological polar surface area (TPSA) is 65.4 Å². The molecular formula is C13H12FNO4S. The summed E-state index contributed by atoms with van der Waals surface area (Å²) in [4.78, 5) is 11.8. The third-order valence-corrected chi connectivity index (χ3v) is 4.00. The van der Waals surface area contributed by atoms with Crippen LogP contribution < -0.4 is 5.56 Å². The van der Waals surface area contributed by atoms with Crippen molar-refractivity contribution in [2.24, 2.45) is 0 Å². The van der Waals surface area contributed by atoms with Crippen LogP contribution in [0.4, 0.5) is 4.39 Å². The van der Waals surface area contributed by atoms with Crippen molar-refractivity contribution in [3.8, 4) is 0 Å². The van der Waals surface area contributed by atoms with Crippen LogP contribution >= 0.6 is 0 Å². The van der Waals surface area contributed by atoms with Gasteiger partial charge < -0.3 is 4.57 Å². The van der Waals surface area contributed by atoms with E-state index in [1.165, 1.54) is 16.7 Å². The highest BCUT2D eigenvalue weighted by molar-refractivity contribution is 7.85. The van der Waals surface area contributed by atoms with Crippen molar-refractivity contribution >= 4 is 21.0 Å². The van der Waals surface area contributed by atoms with Crippen LogP contribution in [-0.4, -0.2) is 25.8 Å². The Balaban J connectivity index is 2.13. The highest BCUT2D eigenvalue weighted by Crippen LogP contribution is 2.34. The number of aromatic nitrogens is 1. The second-order valence-corrected chi connectivity index (χ2v) is 6.51. The lowest BCUT2D eigenvalue weighted by Crippen LogP contribution is -2.19. The van der Waals surface area contributed by atoms with E-state index in [-0.39, 0.29) is 18.7 Å². The highest BCUT2D eigenvalue weighted by Gasteiger charge is 2.29. The van der Waals surface area contributed by atoms with E-state index < -0.39 is 21.9 Å². The first-order valence-electron chi connectivity index (χ1n) is 6.03. The molecule has 1 aliphatic rings. The van der Waals surface area contributed by atoms with Gasteiger partial charge >= 0.3 is 0 Å². The summed E-state index contributed by atoms with van der Waals surface area (Å²) in [6.45, 7) is 0.0535. The molecule has 1 atom stereocenters. The van der Waals surface area contributed by atoms with Gasteiger partial charge in [-0.3, -0.25) is 8.98 Å². The zero-order valence-corrected chi connectivity index (χ0v) is 11.5. The van der Waals surface area contributed by atoms with Gasteiger partial charge in [-0.1, -0.05) is 0 Å². The van der Waals surface area contributed by atoms with Gasteiger partial charge in [-0.25, -0.2) is 4.39 Å². The molecule has 0 spiro atoms. The SMILES string of the molecule is CS(=O)(=O)OC[C@@H]1Cn2c(=O)ccc3ccc(F)c1c32. The number of halogens is 1. The smallest absolute Gasteiger partial charge is 0.264 e. The van der Waals surface area contributed by atoms with Gasteiger partial charge in [0, 0.05) is 24.1 Å². The summed E-state index contributed by atoms with van der Waals surface area (Å²) < 4.78 is 42.4. The van der Waals surface area contributed by atoms with Crippen LogP contribution in [0.15, 0.2) is 29.1 Å². The molecule has 1 aromatic carbocycles. The Bertz CT molecular complexity index is 857. The predicted octanol–water partition coefficient (Wildman–Crippen LogP) is 1.21. The second-order valence-electron chi connectivity index (χ2n) is 4.87. The third-order valence-electron chi connectivity index (χ3n) is 3.43. The van der Waals surface area contributed by atoms with Gasteiger partial charge in [-0.2, -0.15) is 8.42 Å². The van der Waals surface area contributed by atoms with Crippen molar-refractivity contribution in [2.45, 2.75) is 12.5 Å². The lowest BCUT2D eigenvalue weighted by atomic mass is 10.0. The number of nitrogens with zero attached hydrogens (tertiary/aromatic N) is 1. The van der Waals surface area contributed by atoms with Crippen LogP contribution in [0.2, 0.25) is 0 Å². The van der Waals surface area contributed by atoms with E-state index in [0.717, 1.165) is 11.6 Å². The second kappa shape index (κ2) is 4.39. The maximum absolute atomic E-state index is 14.0. The first-order chi connectivity index (χ1) is 9.37. The van der Waals surface area contributed by atoms with E-state index >= 15 is 0 Å².